The monoisotopic (exact) mass is 365 g/mol. The second kappa shape index (κ2) is 7.48. The standard InChI is InChI=1S/C21H23N3O3/c25-21(17-8-9-17)23-12-10-22(11-13-23)15-16-4-3-5-18(14-16)19-6-1-2-7-20(19)24(26)27/h1-7,14,17H,8-13,15H2. The van der Waals surface area contributed by atoms with E-state index in [0.29, 0.717) is 11.5 Å². The Morgan fingerprint density at radius 1 is 1.04 bits per heavy atom. The lowest BCUT2D eigenvalue weighted by molar-refractivity contribution is -0.384. The van der Waals surface area contributed by atoms with Gasteiger partial charge in [0.05, 0.1) is 10.5 Å². The van der Waals surface area contributed by atoms with Gasteiger partial charge in [-0.25, -0.2) is 0 Å². The highest BCUT2D eigenvalue weighted by molar-refractivity contribution is 5.81. The van der Waals surface area contributed by atoms with Gasteiger partial charge in [0.1, 0.15) is 0 Å². The van der Waals surface area contributed by atoms with E-state index in [1.165, 1.54) is 6.07 Å². The Labute approximate surface area is 158 Å². The Morgan fingerprint density at radius 2 is 1.78 bits per heavy atom. The number of amides is 1. The highest BCUT2D eigenvalue weighted by Crippen LogP contribution is 2.32. The van der Waals surface area contributed by atoms with Crippen LogP contribution in [0.3, 0.4) is 0 Å². The average Bonchev–Trinajstić information content (AvgIpc) is 3.53. The molecule has 0 N–H and O–H groups in total. The molecule has 2 aliphatic rings. The zero-order valence-electron chi connectivity index (χ0n) is 15.2. The normalized spacial score (nSPS) is 17.7. The smallest absolute Gasteiger partial charge is 0.277 e. The van der Waals surface area contributed by atoms with Crippen LogP contribution in [0, 0.1) is 16.0 Å². The Hall–Kier alpha value is -2.73. The third kappa shape index (κ3) is 4.01. The summed E-state index contributed by atoms with van der Waals surface area (Å²) < 4.78 is 0. The number of nitro benzene ring substituents is 1. The molecule has 1 aliphatic carbocycles. The van der Waals surface area contributed by atoms with Gasteiger partial charge in [0, 0.05) is 44.7 Å². The lowest BCUT2D eigenvalue weighted by atomic mass is 10.0. The van der Waals surface area contributed by atoms with Crippen molar-refractivity contribution < 1.29 is 9.72 Å². The number of carbonyl (C=O) groups excluding carboxylic acids is 1. The Morgan fingerprint density at radius 3 is 2.48 bits per heavy atom. The lowest BCUT2D eigenvalue weighted by Crippen LogP contribution is -2.48. The molecule has 27 heavy (non-hydrogen) atoms. The van der Waals surface area contributed by atoms with Crippen molar-refractivity contribution in [1.29, 1.82) is 0 Å². The van der Waals surface area contributed by atoms with Crippen LogP contribution in [0.25, 0.3) is 11.1 Å². The fraction of sp³-hybridized carbons (Fsp3) is 0.381. The molecule has 1 saturated heterocycles. The summed E-state index contributed by atoms with van der Waals surface area (Å²) in [5.41, 5.74) is 2.76. The maximum Gasteiger partial charge on any atom is 0.277 e. The molecule has 1 heterocycles. The van der Waals surface area contributed by atoms with Gasteiger partial charge in [-0.3, -0.25) is 19.8 Å². The van der Waals surface area contributed by atoms with E-state index in [4.69, 9.17) is 0 Å². The van der Waals surface area contributed by atoms with Crippen LogP contribution < -0.4 is 0 Å². The first-order valence-corrected chi connectivity index (χ1v) is 9.46. The van der Waals surface area contributed by atoms with Gasteiger partial charge in [-0.1, -0.05) is 30.3 Å². The predicted molar refractivity (Wildman–Crippen MR) is 103 cm³/mol. The van der Waals surface area contributed by atoms with Gasteiger partial charge in [-0.2, -0.15) is 0 Å². The van der Waals surface area contributed by atoms with Gasteiger partial charge in [0.15, 0.2) is 0 Å². The van der Waals surface area contributed by atoms with Crippen molar-refractivity contribution >= 4 is 11.6 Å². The average molecular weight is 365 g/mol. The first-order valence-electron chi connectivity index (χ1n) is 9.46. The summed E-state index contributed by atoms with van der Waals surface area (Å²) in [5.74, 6) is 0.614. The molecule has 0 unspecified atom stereocenters. The second-order valence-electron chi connectivity index (χ2n) is 7.35. The lowest BCUT2D eigenvalue weighted by Gasteiger charge is -2.35. The van der Waals surface area contributed by atoms with Crippen LogP contribution >= 0.6 is 0 Å². The second-order valence-corrected chi connectivity index (χ2v) is 7.35. The van der Waals surface area contributed by atoms with Crippen molar-refractivity contribution in [3.63, 3.8) is 0 Å². The van der Waals surface area contributed by atoms with Gasteiger partial charge in [-0.15, -0.1) is 0 Å². The maximum absolute atomic E-state index is 12.2. The minimum absolute atomic E-state index is 0.127. The molecule has 0 bridgehead atoms. The summed E-state index contributed by atoms with van der Waals surface area (Å²) >= 11 is 0. The molecule has 0 atom stereocenters. The van der Waals surface area contributed by atoms with Crippen molar-refractivity contribution in [1.82, 2.24) is 9.80 Å². The molecule has 6 heteroatoms. The summed E-state index contributed by atoms with van der Waals surface area (Å²) in [7, 11) is 0. The molecular weight excluding hydrogens is 342 g/mol. The van der Waals surface area contributed by atoms with Crippen molar-refractivity contribution in [2.75, 3.05) is 26.2 Å². The molecule has 1 aliphatic heterocycles. The Kier molecular flexibility index (Phi) is 4.90. The first kappa shape index (κ1) is 17.7. The predicted octanol–water partition coefficient (Wildman–Crippen LogP) is 3.32. The zero-order valence-corrected chi connectivity index (χ0v) is 15.2. The molecule has 4 rings (SSSR count). The van der Waals surface area contributed by atoms with E-state index in [-0.39, 0.29) is 16.5 Å². The molecular formula is C21H23N3O3. The molecule has 1 saturated carbocycles. The van der Waals surface area contributed by atoms with E-state index < -0.39 is 0 Å². The van der Waals surface area contributed by atoms with E-state index >= 15 is 0 Å². The number of hydrogen-bond donors (Lipinski definition) is 0. The maximum atomic E-state index is 12.2. The number of benzene rings is 2. The van der Waals surface area contributed by atoms with Crippen molar-refractivity contribution in [3.8, 4) is 11.1 Å². The fourth-order valence-corrected chi connectivity index (χ4v) is 3.69. The SMILES string of the molecule is O=C(C1CC1)N1CCN(Cc2cccc(-c3ccccc3[N+](=O)[O-])c2)CC1. The van der Waals surface area contributed by atoms with Gasteiger partial charge in [-0.05, 0) is 36.1 Å². The topological polar surface area (TPSA) is 66.7 Å². The fourth-order valence-electron chi connectivity index (χ4n) is 3.69. The summed E-state index contributed by atoms with van der Waals surface area (Å²) in [6, 6.07) is 14.8. The highest BCUT2D eigenvalue weighted by Gasteiger charge is 2.34. The molecule has 2 aromatic carbocycles. The minimum Gasteiger partial charge on any atom is -0.340 e. The summed E-state index contributed by atoms with van der Waals surface area (Å²) in [4.78, 5) is 27.5. The molecule has 140 valence electrons. The van der Waals surface area contributed by atoms with Crippen LogP contribution in [0.15, 0.2) is 48.5 Å². The number of nitrogens with zero attached hydrogens (tertiary/aromatic N) is 3. The molecule has 2 fully saturated rings. The number of para-hydroxylation sites is 1. The van der Waals surface area contributed by atoms with Crippen molar-refractivity contribution in [3.05, 3.63) is 64.2 Å². The highest BCUT2D eigenvalue weighted by atomic mass is 16.6. The summed E-state index contributed by atoms with van der Waals surface area (Å²) in [5, 5.41) is 11.3. The van der Waals surface area contributed by atoms with E-state index in [1.807, 2.05) is 29.2 Å². The quantitative estimate of drug-likeness (QED) is 0.602. The summed E-state index contributed by atoms with van der Waals surface area (Å²) in [6.45, 7) is 4.11. The van der Waals surface area contributed by atoms with E-state index in [2.05, 4.69) is 11.0 Å². The van der Waals surface area contributed by atoms with Crippen LogP contribution in [-0.4, -0.2) is 46.8 Å². The van der Waals surface area contributed by atoms with Gasteiger partial charge >= 0.3 is 0 Å². The molecule has 6 nitrogen and oxygen atoms in total. The number of rotatable bonds is 5. The van der Waals surface area contributed by atoms with Crippen LogP contribution in [0.4, 0.5) is 5.69 Å². The Bertz CT molecular complexity index is 855. The number of nitro groups is 1. The van der Waals surface area contributed by atoms with Crippen LogP contribution in [0.5, 0.6) is 0 Å². The van der Waals surface area contributed by atoms with E-state index in [0.717, 1.165) is 56.7 Å². The van der Waals surface area contributed by atoms with Crippen molar-refractivity contribution in [2.45, 2.75) is 19.4 Å². The molecule has 0 spiro atoms. The van der Waals surface area contributed by atoms with E-state index in [9.17, 15) is 14.9 Å². The summed E-state index contributed by atoms with van der Waals surface area (Å²) in [6.07, 6.45) is 2.11. The van der Waals surface area contributed by atoms with Gasteiger partial charge in [0.25, 0.3) is 5.69 Å². The first-order chi connectivity index (χ1) is 13.1. The van der Waals surface area contributed by atoms with Crippen LogP contribution in [0.1, 0.15) is 18.4 Å². The number of carbonyl (C=O) groups is 1. The van der Waals surface area contributed by atoms with E-state index in [1.54, 1.807) is 12.1 Å². The van der Waals surface area contributed by atoms with Gasteiger partial charge < -0.3 is 4.90 Å². The third-order valence-electron chi connectivity index (χ3n) is 5.36. The third-order valence-corrected chi connectivity index (χ3v) is 5.36. The van der Waals surface area contributed by atoms with Crippen LogP contribution in [0.2, 0.25) is 0 Å². The molecule has 1 amide bonds. The number of hydrogen-bond acceptors (Lipinski definition) is 4. The van der Waals surface area contributed by atoms with Gasteiger partial charge in [0.2, 0.25) is 5.91 Å². The molecule has 0 aromatic heterocycles. The minimum atomic E-state index is -0.335. The largest absolute Gasteiger partial charge is 0.340 e. The molecule has 0 radical (unpaired) electrons. The van der Waals surface area contributed by atoms with Crippen molar-refractivity contribution in [2.24, 2.45) is 5.92 Å². The Balaban J connectivity index is 1.43. The van der Waals surface area contributed by atoms with Crippen LogP contribution in [-0.2, 0) is 11.3 Å². The molecule has 2 aromatic rings. The zero-order chi connectivity index (χ0) is 18.8. The number of piperazine rings is 1.